The fourth-order valence-corrected chi connectivity index (χ4v) is 4.17. The van der Waals surface area contributed by atoms with Gasteiger partial charge in [-0.3, -0.25) is 0 Å². The monoisotopic (exact) mass is 407 g/mol. The highest BCUT2D eigenvalue weighted by Crippen LogP contribution is 2.26. The highest BCUT2D eigenvalue weighted by molar-refractivity contribution is 5.90. The molecule has 1 aromatic heterocycles. The first kappa shape index (κ1) is 20.5. The van der Waals surface area contributed by atoms with Gasteiger partial charge in [0.05, 0.1) is 5.52 Å². The van der Waals surface area contributed by atoms with Crippen LogP contribution < -0.4 is 15.5 Å². The van der Waals surface area contributed by atoms with Crippen molar-refractivity contribution in [1.29, 1.82) is 0 Å². The van der Waals surface area contributed by atoms with Gasteiger partial charge in [0.15, 0.2) is 0 Å². The molecule has 3 aromatic rings. The van der Waals surface area contributed by atoms with E-state index < -0.39 is 0 Å². The van der Waals surface area contributed by atoms with Crippen molar-refractivity contribution in [1.82, 2.24) is 15.3 Å². The maximum absolute atomic E-state index is 13.4. The molecule has 158 valence electrons. The Balaban J connectivity index is 1.34. The van der Waals surface area contributed by atoms with Gasteiger partial charge < -0.3 is 15.5 Å². The second-order valence-electron chi connectivity index (χ2n) is 8.44. The molecule has 2 N–H and O–H groups in total. The van der Waals surface area contributed by atoms with E-state index >= 15 is 0 Å². The molecule has 6 heteroatoms. The van der Waals surface area contributed by atoms with Gasteiger partial charge in [0.1, 0.15) is 11.6 Å². The molecule has 0 bridgehead atoms. The van der Waals surface area contributed by atoms with Crippen molar-refractivity contribution in [3.05, 3.63) is 59.4 Å². The number of rotatable bonds is 6. The smallest absolute Gasteiger partial charge is 0.225 e. The lowest BCUT2D eigenvalue weighted by Gasteiger charge is -2.30. The van der Waals surface area contributed by atoms with Crippen LogP contribution >= 0.6 is 0 Å². The molecule has 1 saturated carbocycles. The summed E-state index contributed by atoms with van der Waals surface area (Å²) >= 11 is 0. The van der Waals surface area contributed by atoms with Crippen molar-refractivity contribution in [2.75, 3.05) is 24.3 Å². The van der Waals surface area contributed by atoms with Crippen LogP contribution in [0.3, 0.4) is 0 Å². The number of benzene rings is 2. The Morgan fingerprint density at radius 1 is 1.00 bits per heavy atom. The summed E-state index contributed by atoms with van der Waals surface area (Å²) in [5, 5.41) is 8.25. The molecule has 0 amide bonds. The van der Waals surface area contributed by atoms with E-state index in [-0.39, 0.29) is 5.82 Å². The molecule has 2 aromatic carbocycles. The number of anilines is 2. The molecule has 0 spiro atoms. The standard InChI is InChI=1S/C24H30FN5/c1-16-14-17(8-13-21(16)25)15-26-18-9-11-19(12-10-18)27-24-28-22-7-5-4-6-20(22)23(29-24)30(2)3/h4-8,13-14,18-19,26H,9-12,15H2,1-3H3,(H,27,28,29)/t18-,19+. The minimum absolute atomic E-state index is 0.140. The van der Waals surface area contributed by atoms with E-state index in [1.165, 1.54) is 0 Å². The molecule has 1 aliphatic carbocycles. The van der Waals surface area contributed by atoms with E-state index in [2.05, 4.69) is 16.7 Å². The normalized spacial score (nSPS) is 19.1. The lowest BCUT2D eigenvalue weighted by atomic mass is 9.91. The van der Waals surface area contributed by atoms with Crippen molar-refractivity contribution in [2.45, 2.75) is 51.2 Å². The number of aryl methyl sites for hydroxylation is 1. The number of hydrogen-bond acceptors (Lipinski definition) is 5. The Hall–Kier alpha value is -2.73. The number of fused-ring (bicyclic) bond motifs is 1. The van der Waals surface area contributed by atoms with Gasteiger partial charge in [-0.05, 0) is 61.9 Å². The molecule has 1 aliphatic rings. The molecule has 30 heavy (non-hydrogen) atoms. The minimum Gasteiger partial charge on any atom is -0.362 e. The Morgan fingerprint density at radius 2 is 1.73 bits per heavy atom. The molecule has 0 saturated heterocycles. The summed E-state index contributed by atoms with van der Waals surface area (Å²) in [7, 11) is 4.02. The first-order chi connectivity index (χ1) is 14.5. The molecule has 0 atom stereocenters. The fraction of sp³-hybridized carbons (Fsp3) is 0.417. The number of hydrogen-bond donors (Lipinski definition) is 2. The van der Waals surface area contributed by atoms with Crippen LogP contribution in [0.4, 0.5) is 16.2 Å². The van der Waals surface area contributed by atoms with Crippen molar-refractivity contribution in [3.63, 3.8) is 0 Å². The van der Waals surface area contributed by atoms with Gasteiger partial charge in [0.2, 0.25) is 5.95 Å². The summed E-state index contributed by atoms with van der Waals surface area (Å²) in [5.41, 5.74) is 2.80. The summed E-state index contributed by atoms with van der Waals surface area (Å²) < 4.78 is 13.4. The molecular weight excluding hydrogens is 377 g/mol. The predicted molar refractivity (Wildman–Crippen MR) is 122 cm³/mol. The van der Waals surface area contributed by atoms with Gasteiger partial charge >= 0.3 is 0 Å². The SMILES string of the molecule is Cc1cc(CN[C@H]2CC[C@@H](Nc3nc(N(C)C)c4ccccc4n3)CC2)ccc1F. The highest BCUT2D eigenvalue weighted by atomic mass is 19.1. The topological polar surface area (TPSA) is 53.1 Å². The van der Waals surface area contributed by atoms with Crippen LogP contribution in [0.5, 0.6) is 0 Å². The average molecular weight is 408 g/mol. The van der Waals surface area contributed by atoms with Crippen molar-refractivity contribution in [2.24, 2.45) is 0 Å². The maximum atomic E-state index is 13.4. The fourth-order valence-electron chi connectivity index (χ4n) is 4.17. The quantitative estimate of drug-likeness (QED) is 0.623. The number of nitrogens with one attached hydrogen (secondary N) is 2. The van der Waals surface area contributed by atoms with Crippen LogP contribution in [-0.2, 0) is 6.54 Å². The minimum atomic E-state index is -0.140. The third-order valence-electron chi connectivity index (χ3n) is 5.88. The first-order valence-corrected chi connectivity index (χ1v) is 10.7. The maximum Gasteiger partial charge on any atom is 0.225 e. The van der Waals surface area contributed by atoms with E-state index in [0.29, 0.717) is 23.6 Å². The van der Waals surface area contributed by atoms with Crippen LogP contribution in [0, 0.1) is 12.7 Å². The summed E-state index contributed by atoms with van der Waals surface area (Å²) in [5.74, 6) is 1.50. The Bertz CT molecular complexity index is 1010. The largest absolute Gasteiger partial charge is 0.362 e. The molecular formula is C24H30FN5. The van der Waals surface area contributed by atoms with Gasteiger partial charge in [-0.2, -0.15) is 4.98 Å². The zero-order valence-corrected chi connectivity index (χ0v) is 18.0. The summed E-state index contributed by atoms with van der Waals surface area (Å²) in [6.07, 6.45) is 4.36. The van der Waals surface area contributed by atoms with E-state index in [1.807, 2.05) is 56.3 Å². The first-order valence-electron chi connectivity index (χ1n) is 10.7. The van der Waals surface area contributed by atoms with Gasteiger partial charge in [-0.1, -0.05) is 24.3 Å². The summed E-state index contributed by atoms with van der Waals surface area (Å²) in [6, 6.07) is 14.3. The van der Waals surface area contributed by atoms with Gasteiger partial charge in [0.25, 0.3) is 0 Å². The lowest BCUT2D eigenvalue weighted by molar-refractivity contribution is 0.352. The zero-order valence-electron chi connectivity index (χ0n) is 18.0. The van der Waals surface area contributed by atoms with Crippen LogP contribution in [-0.4, -0.2) is 36.1 Å². The Labute approximate surface area is 177 Å². The molecule has 0 radical (unpaired) electrons. The lowest BCUT2D eigenvalue weighted by Crippen LogP contribution is -2.37. The predicted octanol–water partition coefficient (Wildman–Crippen LogP) is 4.66. The molecule has 0 aliphatic heterocycles. The van der Waals surface area contributed by atoms with E-state index in [4.69, 9.17) is 9.97 Å². The number of para-hydroxylation sites is 1. The van der Waals surface area contributed by atoms with Gasteiger partial charge in [0, 0.05) is 38.1 Å². The highest BCUT2D eigenvalue weighted by Gasteiger charge is 2.22. The van der Waals surface area contributed by atoms with Crippen LogP contribution in [0.1, 0.15) is 36.8 Å². The van der Waals surface area contributed by atoms with Crippen LogP contribution in [0.25, 0.3) is 10.9 Å². The Kier molecular flexibility index (Phi) is 6.13. The van der Waals surface area contributed by atoms with E-state index in [0.717, 1.165) is 54.5 Å². The second-order valence-corrected chi connectivity index (χ2v) is 8.44. The number of halogens is 1. The van der Waals surface area contributed by atoms with Crippen LogP contribution in [0.2, 0.25) is 0 Å². The second kappa shape index (κ2) is 8.96. The summed E-state index contributed by atoms with van der Waals surface area (Å²) in [4.78, 5) is 11.5. The molecule has 1 heterocycles. The van der Waals surface area contributed by atoms with Crippen molar-refractivity contribution in [3.8, 4) is 0 Å². The summed E-state index contributed by atoms with van der Waals surface area (Å²) in [6.45, 7) is 2.59. The van der Waals surface area contributed by atoms with E-state index in [1.54, 1.807) is 6.07 Å². The molecule has 1 fully saturated rings. The average Bonchev–Trinajstić information content (AvgIpc) is 2.75. The third-order valence-corrected chi connectivity index (χ3v) is 5.88. The number of nitrogens with zero attached hydrogens (tertiary/aromatic N) is 3. The zero-order chi connectivity index (χ0) is 21.1. The Morgan fingerprint density at radius 3 is 2.47 bits per heavy atom. The third kappa shape index (κ3) is 4.70. The van der Waals surface area contributed by atoms with Gasteiger partial charge in [-0.15, -0.1) is 0 Å². The van der Waals surface area contributed by atoms with Gasteiger partial charge in [-0.25, -0.2) is 9.37 Å². The van der Waals surface area contributed by atoms with Crippen molar-refractivity contribution >= 4 is 22.7 Å². The molecule has 0 unspecified atom stereocenters. The molecule has 4 rings (SSSR count). The van der Waals surface area contributed by atoms with Crippen LogP contribution in [0.15, 0.2) is 42.5 Å². The van der Waals surface area contributed by atoms with Crippen molar-refractivity contribution < 1.29 is 4.39 Å². The number of aromatic nitrogens is 2. The van der Waals surface area contributed by atoms with E-state index in [9.17, 15) is 4.39 Å². The molecule has 5 nitrogen and oxygen atoms in total.